The Labute approximate surface area is 249 Å². The quantitative estimate of drug-likeness (QED) is 0.273. The summed E-state index contributed by atoms with van der Waals surface area (Å²) in [6.45, 7) is 11.2. The third kappa shape index (κ3) is 6.59. The maximum absolute atomic E-state index is 14.3. The topological polar surface area (TPSA) is 123 Å². The Balaban J connectivity index is 1.87. The number of ether oxygens (including phenoxy) is 2. The van der Waals surface area contributed by atoms with Crippen molar-refractivity contribution in [1.29, 1.82) is 0 Å². The Morgan fingerprint density at radius 1 is 1.10 bits per heavy atom. The largest absolute Gasteiger partial charge is 0.494 e. The molecule has 1 fully saturated rings. The van der Waals surface area contributed by atoms with E-state index in [1.54, 1.807) is 51.7 Å². The molecule has 1 unspecified atom stereocenters. The maximum atomic E-state index is 14.3. The lowest BCUT2D eigenvalue weighted by molar-refractivity contribution is 0.118. The number of amides is 2. The average molecular weight is 619 g/mol. The molecule has 1 saturated heterocycles. The number of hydrogen-bond acceptors (Lipinski definition) is 8. The van der Waals surface area contributed by atoms with Crippen LogP contribution in [0.5, 0.6) is 11.5 Å². The molecule has 4 rings (SSSR count). The zero-order valence-electron chi connectivity index (χ0n) is 25.7. The molecule has 2 amide bonds. The first kappa shape index (κ1) is 31.4. The maximum Gasteiger partial charge on any atom is 0.320 e. The molecule has 1 atom stereocenters. The highest BCUT2D eigenvalue weighted by Gasteiger charge is 2.35. The number of urea groups is 1. The van der Waals surface area contributed by atoms with E-state index < -0.39 is 18.1 Å². The third-order valence-electron chi connectivity index (χ3n) is 7.43. The molecule has 230 valence electrons. The number of methoxy groups -OCH3 is 2. The van der Waals surface area contributed by atoms with E-state index in [4.69, 9.17) is 13.9 Å². The van der Waals surface area contributed by atoms with E-state index in [1.165, 1.54) is 18.5 Å². The van der Waals surface area contributed by atoms with Gasteiger partial charge in [-0.25, -0.2) is 17.5 Å². The van der Waals surface area contributed by atoms with Crippen molar-refractivity contribution in [3.63, 3.8) is 0 Å². The van der Waals surface area contributed by atoms with Gasteiger partial charge in [0.1, 0.15) is 22.9 Å². The summed E-state index contributed by atoms with van der Waals surface area (Å²) >= 11 is 0. The van der Waals surface area contributed by atoms with Gasteiger partial charge in [-0.3, -0.25) is 4.57 Å². The van der Waals surface area contributed by atoms with Crippen LogP contribution in [-0.4, -0.2) is 99.8 Å². The zero-order chi connectivity index (χ0) is 30.8. The predicted molar refractivity (Wildman–Crippen MR) is 165 cm³/mol. The molecule has 42 heavy (non-hydrogen) atoms. The van der Waals surface area contributed by atoms with Crippen molar-refractivity contribution in [1.82, 2.24) is 24.6 Å². The number of anilines is 1. The van der Waals surface area contributed by atoms with E-state index >= 15 is 0 Å². The number of aryl methyl sites for hydroxylation is 1. The van der Waals surface area contributed by atoms with Gasteiger partial charge in [0.15, 0.2) is 5.76 Å². The molecule has 12 nitrogen and oxygen atoms in total. The van der Waals surface area contributed by atoms with Crippen molar-refractivity contribution in [2.45, 2.75) is 52.0 Å². The number of hydrogen-bond donors (Lipinski definition) is 0. The number of carbonyl (C=O) groups excluding carboxylic acids is 1. The molecule has 0 radical (unpaired) electrons. The molecule has 0 bridgehead atoms. The Bertz CT molecular complexity index is 1490. The lowest BCUT2D eigenvalue weighted by Crippen LogP contribution is -2.53. The minimum atomic E-state index is -3.99. The summed E-state index contributed by atoms with van der Waals surface area (Å²) < 4.78 is 48.8. The SMILES string of the molecule is COc1cccc(OC)c1-n1c(-c2ccc(C)o2)nnc1N(CC[Si](C)(C)C)S(=O)(=O)CCN1C(=O)N(C)CCC1C. The monoisotopic (exact) mass is 618 g/mol. The van der Waals surface area contributed by atoms with Gasteiger partial charge in [0, 0.05) is 40.8 Å². The number of carbonyl (C=O) groups is 1. The summed E-state index contributed by atoms with van der Waals surface area (Å²) in [5, 5.41) is 8.88. The van der Waals surface area contributed by atoms with Crippen molar-refractivity contribution in [3.8, 4) is 28.8 Å². The van der Waals surface area contributed by atoms with Crippen LogP contribution in [0, 0.1) is 6.92 Å². The van der Waals surface area contributed by atoms with Crippen LogP contribution < -0.4 is 13.8 Å². The van der Waals surface area contributed by atoms with Gasteiger partial charge >= 0.3 is 6.03 Å². The second-order valence-electron chi connectivity index (χ2n) is 11.8. The third-order valence-corrected chi connectivity index (χ3v) is 10.9. The van der Waals surface area contributed by atoms with Gasteiger partial charge < -0.3 is 23.7 Å². The molecule has 3 aromatic rings. The number of para-hydroxylation sites is 1. The molecule has 0 spiro atoms. The molecule has 2 aromatic heterocycles. The molecule has 3 heterocycles. The van der Waals surface area contributed by atoms with Gasteiger partial charge in [-0.05, 0) is 50.6 Å². The summed E-state index contributed by atoms with van der Waals surface area (Å²) in [7, 11) is -0.892. The van der Waals surface area contributed by atoms with Gasteiger partial charge in [-0.2, -0.15) is 0 Å². The van der Waals surface area contributed by atoms with Crippen LogP contribution in [0.3, 0.4) is 0 Å². The molecule has 0 N–H and O–H groups in total. The van der Waals surface area contributed by atoms with Crippen LogP contribution in [0.25, 0.3) is 17.3 Å². The number of aromatic nitrogens is 3. The summed E-state index contributed by atoms with van der Waals surface area (Å²) in [4.78, 5) is 16.1. The van der Waals surface area contributed by atoms with Gasteiger partial charge in [-0.15, -0.1) is 10.2 Å². The van der Waals surface area contributed by atoms with E-state index in [1.807, 2.05) is 13.8 Å². The normalized spacial score (nSPS) is 16.2. The van der Waals surface area contributed by atoms with Gasteiger partial charge in [-0.1, -0.05) is 25.7 Å². The Morgan fingerprint density at radius 3 is 2.33 bits per heavy atom. The minimum absolute atomic E-state index is 0.0605. The van der Waals surface area contributed by atoms with Crippen molar-refractivity contribution in [3.05, 3.63) is 36.1 Å². The summed E-state index contributed by atoms with van der Waals surface area (Å²) in [6.07, 6.45) is 0.773. The summed E-state index contributed by atoms with van der Waals surface area (Å²) in [6, 6.07) is 9.33. The Hall–Kier alpha value is -3.52. The number of nitrogens with zero attached hydrogens (tertiary/aromatic N) is 6. The van der Waals surface area contributed by atoms with Gasteiger partial charge in [0.2, 0.25) is 21.8 Å². The van der Waals surface area contributed by atoms with Crippen LogP contribution >= 0.6 is 0 Å². The van der Waals surface area contributed by atoms with Gasteiger partial charge in [0.05, 0.1) is 20.0 Å². The number of rotatable bonds is 12. The van der Waals surface area contributed by atoms with Crippen LogP contribution in [-0.2, 0) is 10.0 Å². The average Bonchev–Trinajstić information content (AvgIpc) is 3.55. The molecule has 0 saturated carbocycles. The van der Waals surface area contributed by atoms with Crippen molar-refractivity contribution in [2.24, 2.45) is 0 Å². The van der Waals surface area contributed by atoms with Crippen molar-refractivity contribution < 1.29 is 27.1 Å². The summed E-state index contributed by atoms with van der Waals surface area (Å²) in [5.74, 6) is 2.09. The van der Waals surface area contributed by atoms with E-state index in [9.17, 15) is 13.2 Å². The minimum Gasteiger partial charge on any atom is -0.494 e. The van der Waals surface area contributed by atoms with Crippen LogP contribution in [0.4, 0.5) is 10.7 Å². The number of furan rings is 1. The molecular formula is C28H42N6O6SSi. The van der Waals surface area contributed by atoms with Gasteiger partial charge in [0.25, 0.3) is 0 Å². The van der Waals surface area contributed by atoms with E-state index in [2.05, 4.69) is 29.8 Å². The zero-order valence-corrected chi connectivity index (χ0v) is 27.6. The fraction of sp³-hybridized carbons (Fsp3) is 0.536. The fourth-order valence-electron chi connectivity index (χ4n) is 4.89. The van der Waals surface area contributed by atoms with E-state index in [0.717, 1.165) is 6.42 Å². The summed E-state index contributed by atoms with van der Waals surface area (Å²) in [5.41, 5.74) is 0.446. The lowest BCUT2D eigenvalue weighted by atomic mass is 10.1. The first-order chi connectivity index (χ1) is 19.8. The van der Waals surface area contributed by atoms with Crippen LogP contribution in [0.1, 0.15) is 19.1 Å². The van der Waals surface area contributed by atoms with Crippen molar-refractivity contribution in [2.75, 3.05) is 51.0 Å². The first-order valence-corrected chi connectivity index (χ1v) is 19.3. The van der Waals surface area contributed by atoms with Crippen LogP contribution in [0.15, 0.2) is 34.7 Å². The number of benzene rings is 1. The van der Waals surface area contributed by atoms with E-state index in [0.29, 0.717) is 47.1 Å². The second-order valence-corrected chi connectivity index (χ2v) is 19.4. The molecule has 1 aliphatic rings. The molecule has 0 aliphatic carbocycles. The lowest BCUT2D eigenvalue weighted by Gasteiger charge is -2.38. The molecule has 1 aliphatic heterocycles. The predicted octanol–water partition coefficient (Wildman–Crippen LogP) is 4.47. The van der Waals surface area contributed by atoms with Crippen LogP contribution in [0.2, 0.25) is 25.7 Å². The highest BCUT2D eigenvalue weighted by atomic mass is 32.2. The standard InChI is InChI=1S/C28H42N6O6SSi/c1-20-14-15-31(3)28(35)32(20)16-18-41(36,37)33(17-19-42(6,7)8)27-30-29-26(24-13-12-21(2)40-24)34(27)25-22(38-4)10-9-11-23(25)39-5/h9-13,20H,14-19H2,1-8H3. The van der Waals surface area contributed by atoms with E-state index in [-0.39, 0.29) is 36.9 Å². The Morgan fingerprint density at radius 2 is 1.76 bits per heavy atom. The second kappa shape index (κ2) is 12.4. The highest BCUT2D eigenvalue weighted by molar-refractivity contribution is 7.92. The highest BCUT2D eigenvalue weighted by Crippen LogP contribution is 2.39. The molecule has 1 aromatic carbocycles. The smallest absolute Gasteiger partial charge is 0.320 e. The molecule has 14 heteroatoms. The van der Waals surface area contributed by atoms with Crippen molar-refractivity contribution >= 4 is 30.1 Å². The number of sulfonamides is 1. The fourth-order valence-corrected chi connectivity index (χ4v) is 7.33. The Kier molecular flexibility index (Phi) is 9.26. The molecular weight excluding hydrogens is 576 g/mol. The first-order valence-electron chi connectivity index (χ1n) is 14.0.